The van der Waals surface area contributed by atoms with Crippen LogP contribution in [0, 0.1) is 0 Å². The van der Waals surface area contributed by atoms with Crippen molar-refractivity contribution in [2.45, 2.75) is 0 Å². The third-order valence-electron chi connectivity index (χ3n) is 6.20. The lowest BCUT2D eigenvalue weighted by Crippen LogP contribution is -2.26. The molecule has 0 atom stereocenters. The molecule has 192 valence electrons. The molecule has 4 aromatic rings. The van der Waals surface area contributed by atoms with Gasteiger partial charge in [0.2, 0.25) is 0 Å². The second kappa shape index (κ2) is 9.25. The van der Waals surface area contributed by atoms with E-state index in [2.05, 4.69) is 0 Å². The van der Waals surface area contributed by atoms with Crippen LogP contribution in [0.1, 0.15) is 31.8 Å². The molecule has 10 heteroatoms. The molecule has 0 saturated carbocycles. The van der Waals surface area contributed by atoms with Gasteiger partial charge in [-0.1, -0.05) is 0 Å². The number of carbonyl (C=O) groups is 2. The van der Waals surface area contributed by atoms with Crippen LogP contribution in [0.2, 0.25) is 0 Å². The number of benzene rings is 4. The van der Waals surface area contributed by atoms with Crippen LogP contribution in [0.4, 0.5) is 22.7 Å². The molecule has 5 rings (SSSR count). The van der Waals surface area contributed by atoms with E-state index in [9.17, 15) is 9.59 Å². The molecule has 0 aliphatic heterocycles. The number of ketones is 2. The van der Waals surface area contributed by atoms with Crippen molar-refractivity contribution in [3.8, 4) is 34.5 Å². The first-order valence-corrected chi connectivity index (χ1v) is 11.4. The van der Waals surface area contributed by atoms with E-state index in [-0.39, 0.29) is 56.5 Å². The molecule has 0 unspecified atom stereocenters. The Morgan fingerprint density at radius 1 is 0.500 bits per heavy atom. The predicted molar refractivity (Wildman–Crippen MR) is 144 cm³/mol. The molecule has 4 aromatic carbocycles. The summed E-state index contributed by atoms with van der Waals surface area (Å²) in [6.07, 6.45) is 0. The number of nitrogen functional groups attached to an aromatic ring is 4. The maximum atomic E-state index is 13.8. The fraction of sp³-hybridized carbons (Fsp3) is 0.0714. The summed E-state index contributed by atoms with van der Waals surface area (Å²) in [5.74, 6) is 1.12. The van der Waals surface area contributed by atoms with E-state index in [0.29, 0.717) is 23.0 Å². The fourth-order valence-electron chi connectivity index (χ4n) is 4.31. The molecular weight excluding hydrogens is 488 g/mol. The minimum atomic E-state index is -0.622. The summed E-state index contributed by atoms with van der Waals surface area (Å²) in [7, 11) is 3.09. The van der Waals surface area contributed by atoms with Crippen molar-refractivity contribution in [2.75, 3.05) is 37.2 Å². The molecule has 38 heavy (non-hydrogen) atoms. The van der Waals surface area contributed by atoms with E-state index < -0.39 is 11.6 Å². The fourth-order valence-corrected chi connectivity index (χ4v) is 4.31. The lowest BCUT2D eigenvalue weighted by atomic mass is 9.80. The number of carbonyl (C=O) groups excluding carboxylic acids is 2. The van der Waals surface area contributed by atoms with Crippen LogP contribution in [0.3, 0.4) is 0 Å². The molecule has 8 N–H and O–H groups in total. The molecule has 0 heterocycles. The van der Waals surface area contributed by atoms with Gasteiger partial charge in [-0.05, 0) is 48.5 Å². The minimum Gasteiger partial charge on any atom is -0.497 e. The van der Waals surface area contributed by atoms with E-state index in [1.807, 2.05) is 0 Å². The van der Waals surface area contributed by atoms with Crippen LogP contribution in [-0.2, 0) is 0 Å². The summed E-state index contributed by atoms with van der Waals surface area (Å²) in [6, 6.07) is 16.3. The van der Waals surface area contributed by atoms with Gasteiger partial charge in [-0.25, -0.2) is 0 Å². The van der Waals surface area contributed by atoms with Crippen LogP contribution >= 0.6 is 0 Å². The van der Waals surface area contributed by atoms with Crippen LogP contribution < -0.4 is 41.9 Å². The topological polar surface area (TPSA) is 175 Å². The Morgan fingerprint density at radius 2 is 0.816 bits per heavy atom. The third kappa shape index (κ3) is 3.94. The highest BCUT2D eigenvalue weighted by atomic mass is 16.5. The second-order valence-electron chi connectivity index (χ2n) is 8.47. The van der Waals surface area contributed by atoms with Crippen molar-refractivity contribution in [2.24, 2.45) is 0 Å². The highest BCUT2D eigenvalue weighted by molar-refractivity contribution is 6.35. The molecule has 0 bridgehead atoms. The Morgan fingerprint density at radius 3 is 1.16 bits per heavy atom. The Hall–Kier alpha value is -5.38. The number of nitrogens with two attached hydrogens (primary N) is 4. The molecule has 1 aliphatic carbocycles. The van der Waals surface area contributed by atoms with Gasteiger partial charge in [0, 0.05) is 23.5 Å². The van der Waals surface area contributed by atoms with E-state index in [1.54, 1.807) is 62.8 Å². The zero-order valence-electron chi connectivity index (χ0n) is 20.5. The van der Waals surface area contributed by atoms with Crippen molar-refractivity contribution < 1.29 is 28.5 Å². The monoisotopic (exact) mass is 512 g/mol. The maximum Gasteiger partial charge on any atom is 0.199 e. The molecule has 0 spiro atoms. The van der Waals surface area contributed by atoms with E-state index in [4.69, 9.17) is 41.9 Å². The van der Waals surface area contributed by atoms with Gasteiger partial charge in [0.15, 0.2) is 23.1 Å². The zero-order valence-corrected chi connectivity index (χ0v) is 20.5. The van der Waals surface area contributed by atoms with E-state index in [1.165, 1.54) is 12.1 Å². The Labute approximate surface area is 217 Å². The summed E-state index contributed by atoms with van der Waals surface area (Å²) in [5, 5.41) is 0. The standard InChI is InChI=1S/C28H24N4O6/c1-35-13-3-7-15(8-4-13)37-19-11-17(29)21-23(25(19)31)28(34)24-22(27(21)33)18(30)12-20(26(24)32)38-16-9-5-14(36-2)6-10-16/h3-12H,29-32H2,1-2H3. The number of rotatable bonds is 6. The van der Waals surface area contributed by atoms with Crippen LogP contribution in [-0.4, -0.2) is 25.8 Å². The second-order valence-corrected chi connectivity index (χ2v) is 8.47. The summed E-state index contributed by atoms with van der Waals surface area (Å²) in [4.78, 5) is 27.4. The minimum absolute atomic E-state index is 0.0123. The smallest absolute Gasteiger partial charge is 0.199 e. The Balaban J connectivity index is 1.58. The summed E-state index contributed by atoms with van der Waals surface area (Å²) in [6.45, 7) is 0. The summed E-state index contributed by atoms with van der Waals surface area (Å²) >= 11 is 0. The predicted octanol–water partition coefficient (Wildman–Crippen LogP) is 4.39. The first-order valence-electron chi connectivity index (χ1n) is 11.4. The van der Waals surface area contributed by atoms with E-state index >= 15 is 0 Å². The zero-order chi connectivity index (χ0) is 27.1. The average Bonchev–Trinajstić information content (AvgIpc) is 2.91. The van der Waals surface area contributed by atoms with Gasteiger partial charge in [-0.2, -0.15) is 0 Å². The highest BCUT2D eigenvalue weighted by Crippen LogP contribution is 2.46. The molecule has 0 aromatic heterocycles. The lowest BCUT2D eigenvalue weighted by molar-refractivity contribution is 0.0981. The van der Waals surface area contributed by atoms with Crippen molar-refractivity contribution in [1.29, 1.82) is 0 Å². The SMILES string of the molecule is COc1ccc(Oc2cc(N)c3c(c2N)C(=O)c2c(N)c(Oc4ccc(OC)cc4)cc(N)c2C3=O)cc1. The van der Waals surface area contributed by atoms with E-state index in [0.717, 1.165) is 0 Å². The average molecular weight is 513 g/mol. The van der Waals surface area contributed by atoms with Gasteiger partial charge in [-0.3, -0.25) is 9.59 Å². The molecule has 0 fully saturated rings. The number of methoxy groups -OCH3 is 2. The lowest BCUT2D eigenvalue weighted by Gasteiger charge is -2.25. The van der Waals surface area contributed by atoms with Gasteiger partial charge in [0.1, 0.15) is 23.0 Å². The Kier molecular flexibility index (Phi) is 5.92. The quantitative estimate of drug-likeness (QED) is 0.239. The highest BCUT2D eigenvalue weighted by Gasteiger charge is 2.38. The van der Waals surface area contributed by atoms with Gasteiger partial charge in [0.05, 0.1) is 47.8 Å². The van der Waals surface area contributed by atoms with Gasteiger partial charge in [-0.15, -0.1) is 0 Å². The molecular formula is C28H24N4O6. The number of anilines is 4. The maximum absolute atomic E-state index is 13.8. The van der Waals surface area contributed by atoms with Crippen LogP contribution in [0.15, 0.2) is 60.7 Å². The molecule has 1 aliphatic rings. The molecule has 10 nitrogen and oxygen atoms in total. The summed E-state index contributed by atoms with van der Waals surface area (Å²) in [5.41, 5.74) is 24.8. The number of hydrogen-bond acceptors (Lipinski definition) is 10. The van der Waals surface area contributed by atoms with Crippen LogP contribution in [0.25, 0.3) is 0 Å². The third-order valence-corrected chi connectivity index (χ3v) is 6.20. The van der Waals surface area contributed by atoms with Gasteiger partial charge < -0.3 is 41.9 Å². The molecule has 0 saturated heterocycles. The van der Waals surface area contributed by atoms with Crippen molar-refractivity contribution in [3.63, 3.8) is 0 Å². The molecule has 0 amide bonds. The first-order chi connectivity index (χ1) is 18.2. The first kappa shape index (κ1) is 24.3. The number of hydrogen-bond donors (Lipinski definition) is 4. The number of fused-ring (bicyclic) bond motifs is 2. The van der Waals surface area contributed by atoms with Crippen molar-refractivity contribution >= 4 is 34.3 Å². The summed E-state index contributed by atoms with van der Waals surface area (Å²) < 4.78 is 22.1. The van der Waals surface area contributed by atoms with Crippen molar-refractivity contribution in [1.82, 2.24) is 0 Å². The van der Waals surface area contributed by atoms with Crippen molar-refractivity contribution in [3.05, 3.63) is 82.9 Å². The number of ether oxygens (including phenoxy) is 4. The normalized spacial score (nSPS) is 11.9. The molecule has 0 radical (unpaired) electrons. The largest absolute Gasteiger partial charge is 0.497 e. The van der Waals surface area contributed by atoms with Crippen LogP contribution in [0.5, 0.6) is 34.5 Å². The Bertz CT molecular complexity index is 1480. The van der Waals surface area contributed by atoms with Gasteiger partial charge >= 0.3 is 0 Å². The van der Waals surface area contributed by atoms with Gasteiger partial charge in [0.25, 0.3) is 0 Å².